The number of hydrogen-bond acceptors (Lipinski definition) is 7. The molecule has 5 N–H and O–H groups in total. The van der Waals surface area contributed by atoms with E-state index in [1.807, 2.05) is 4.90 Å². The second kappa shape index (κ2) is 3.85. The average Bonchev–Trinajstić information content (AvgIpc) is 2.17. The number of hydrogen-bond donors (Lipinski definition) is 3. The van der Waals surface area contributed by atoms with Crippen LogP contribution in [-0.2, 0) is 0 Å². The minimum atomic E-state index is -0.224. The fourth-order valence-corrected chi connectivity index (χ4v) is 1.60. The number of aromatic nitrogens is 3. The molecule has 1 aromatic heterocycles. The summed E-state index contributed by atoms with van der Waals surface area (Å²) >= 11 is 0. The third-order valence-electron chi connectivity index (χ3n) is 2.41. The molecule has 0 amide bonds. The molecule has 15 heavy (non-hydrogen) atoms. The summed E-state index contributed by atoms with van der Waals surface area (Å²) in [6, 6.07) is 0. The Hall–Kier alpha value is -1.63. The summed E-state index contributed by atoms with van der Waals surface area (Å²) in [5.74, 6) is 0.749. The number of nitrogens with zero attached hydrogens (tertiary/aromatic N) is 4. The molecule has 1 aromatic rings. The lowest BCUT2D eigenvalue weighted by Gasteiger charge is -2.29. The second-order valence-electron chi connectivity index (χ2n) is 3.57. The molecule has 0 aliphatic carbocycles. The van der Waals surface area contributed by atoms with Gasteiger partial charge in [0.25, 0.3) is 0 Å². The molecule has 1 fully saturated rings. The largest absolute Gasteiger partial charge is 0.393 e. The van der Waals surface area contributed by atoms with Crippen LogP contribution in [0.4, 0.5) is 17.8 Å². The molecule has 0 radical (unpaired) electrons. The first-order valence-electron chi connectivity index (χ1n) is 4.85. The Bertz CT molecular complexity index is 329. The summed E-state index contributed by atoms with van der Waals surface area (Å²) in [6.07, 6.45) is 1.20. The molecule has 1 saturated heterocycles. The van der Waals surface area contributed by atoms with Crippen LogP contribution in [0.25, 0.3) is 0 Å². The van der Waals surface area contributed by atoms with E-state index in [1.54, 1.807) is 0 Å². The normalized spacial score (nSPS) is 18.1. The minimum absolute atomic E-state index is 0.128. The van der Waals surface area contributed by atoms with Crippen LogP contribution in [0.2, 0.25) is 0 Å². The van der Waals surface area contributed by atoms with E-state index in [0.717, 1.165) is 0 Å². The van der Waals surface area contributed by atoms with Gasteiger partial charge in [0.15, 0.2) is 0 Å². The number of rotatable bonds is 1. The van der Waals surface area contributed by atoms with E-state index in [-0.39, 0.29) is 18.0 Å². The second-order valence-corrected chi connectivity index (χ2v) is 3.57. The summed E-state index contributed by atoms with van der Waals surface area (Å²) in [5.41, 5.74) is 11.0. The van der Waals surface area contributed by atoms with Gasteiger partial charge in [-0.15, -0.1) is 0 Å². The Kier molecular flexibility index (Phi) is 2.55. The summed E-state index contributed by atoms with van der Waals surface area (Å²) in [7, 11) is 0. The van der Waals surface area contributed by atoms with Crippen molar-refractivity contribution >= 4 is 17.8 Å². The van der Waals surface area contributed by atoms with Gasteiger partial charge in [-0.2, -0.15) is 15.0 Å². The smallest absolute Gasteiger partial charge is 0.231 e. The molecule has 0 aromatic carbocycles. The predicted octanol–water partition coefficient (Wildman–Crippen LogP) is -1.00. The predicted molar refractivity (Wildman–Crippen MR) is 56.1 cm³/mol. The first kappa shape index (κ1) is 9.91. The van der Waals surface area contributed by atoms with E-state index in [1.165, 1.54) is 0 Å². The highest BCUT2D eigenvalue weighted by atomic mass is 16.3. The van der Waals surface area contributed by atoms with E-state index in [4.69, 9.17) is 11.5 Å². The zero-order chi connectivity index (χ0) is 10.8. The van der Waals surface area contributed by atoms with Crippen molar-refractivity contribution < 1.29 is 5.11 Å². The van der Waals surface area contributed by atoms with Gasteiger partial charge in [-0.25, -0.2) is 0 Å². The van der Waals surface area contributed by atoms with Crippen molar-refractivity contribution in [3.05, 3.63) is 0 Å². The van der Waals surface area contributed by atoms with Gasteiger partial charge in [-0.1, -0.05) is 0 Å². The number of aliphatic hydroxyl groups is 1. The highest BCUT2D eigenvalue weighted by molar-refractivity contribution is 5.39. The maximum Gasteiger partial charge on any atom is 0.231 e. The van der Waals surface area contributed by atoms with Gasteiger partial charge in [0.05, 0.1) is 6.10 Å². The lowest BCUT2D eigenvalue weighted by Crippen LogP contribution is -2.37. The van der Waals surface area contributed by atoms with Crippen LogP contribution in [0.15, 0.2) is 0 Å². The molecule has 2 rings (SSSR count). The summed E-state index contributed by atoms with van der Waals surface area (Å²) < 4.78 is 0. The van der Waals surface area contributed by atoms with E-state index in [0.29, 0.717) is 31.9 Å². The Morgan fingerprint density at radius 2 is 1.60 bits per heavy atom. The number of nitrogens with two attached hydrogens (primary N) is 2. The van der Waals surface area contributed by atoms with Crippen molar-refractivity contribution in [3.8, 4) is 0 Å². The summed E-state index contributed by atoms with van der Waals surface area (Å²) in [4.78, 5) is 13.7. The average molecular weight is 210 g/mol. The van der Waals surface area contributed by atoms with Crippen LogP contribution in [0, 0.1) is 0 Å². The Morgan fingerprint density at radius 1 is 1.07 bits per heavy atom. The molecule has 1 aliphatic rings. The van der Waals surface area contributed by atoms with Crippen molar-refractivity contribution in [2.75, 3.05) is 29.5 Å². The number of piperidine rings is 1. The monoisotopic (exact) mass is 210 g/mol. The fraction of sp³-hybridized carbons (Fsp3) is 0.625. The molecule has 1 aliphatic heterocycles. The van der Waals surface area contributed by atoms with E-state index >= 15 is 0 Å². The lowest BCUT2D eigenvalue weighted by atomic mass is 10.1. The molecule has 7 nitrogen and oxygen atoms in total. The molecule has 2 heterocycles. The van der Waals surface area contributed by atoms with Gasteiger partial charge in [0.2, 0.25) is 17.8 Å². The van der Waals surface area contributed by atoms with Crippen LogP contribution < -0.4 is 16.4 Å². The van der Waals surface area contributed by atoms with Crippen molar-refractivity contribution in [1.29, 1.82) is 0 Å². The number of aliphatic hydroxyl groups excluding tert-OH is 1. The lowest BCUT2D eigenvalue weighted by molar-refractivity contribution is 0.145. The van der Waals surface area contributed by atoms with Crippen LogP contribution in [0.1, 0.15) is 12.8 Å². The van der Waals surface area contributed by atoms with E-state index in [9.17, 15) is 5.11 Å². The summed E-state index contributed by atoms with van der Waals surface area (Å²) in [5, 5.41) is 9.35. The molecule has 0 unspecified atom stereocenters. The van der Waals surface area contributed by atoms with E-state index < -0.39 is 0 Å². The van der Waals surface area contributed by atoms with Gasteiger partial charge in [0.1, 0.15) is 0 Å². The zero-order valence-corrected chi connectivity index (χ0v) is 8.30. The van der Waals surface area contributed by atoms with Crippen LogP contribution in [-0.4, -0.2) is 39.3 Å². The molecule has 0 bridgehead atoms. The zero-order valence-electron chi connectivity index (χ0n) is 8.30. The third kappa shape index (κ3) is 2.24. The molecule has 0 saturated carbocycles. The van der Waals surface area contributed by atoms with Gasteiger partial charge >= 0.3 is 0 Å². The first-order valence-corrected chi connectivity index (χ1v) is 4.85. The Balaban J connectivity index is 2.15. The highest BCUT2D eigenvalue weighted by Crippen LogP contribution is 2.16. The van der Waals surface area contributed by atoms with Gasteiger partial charge in [-0.3, -0.25) is 0 Å². The van der Waals surface area contributed by atoms with Crippen LogP contribution in [0.5, 0.6) is 0 Å². The van der Waals surface area contributed by atoms with Crippen LogP contribution in [0.3, 0.4) is 0 Å². The van der Waals surface area contributed by atoms with Gasteiger partial charge in [-0.05, 0) is 12.8 Å². The molecule has 7 heteroatoms. The summed E-state index contributed by atoms with van der Waals surface area (Å²) in [6.45, 7) is 1.42. The minimum Gasteiger partial charge on any atom is -0.393 e. The molecule has 0 spiro atoms. The van der Waals surface area contributed by atoms with Crippen LogP contribution >= 0.6 is 0 Å². The molecule has 0 atom stereocenters. The van der Waals surface area contributed by atoms with Gasteiger partial charge < -0.3 is 21.5 Å². The topological polar surface area (TPSA) is 114 Å². The van der Waals surface area contributed by atoms with Crippen molar-refractivity contribution in [3.63, 3.8) is 0 Å². The first-order chi connectivity index (χ1) is 7.15. The van der Waals surface area contributed by atoms with Crippen molar-refractivity contribution in [2.45, 2.75) is 18.9 Å². The molecular formula is C8H14N6O. The molecule has 82 valence electrons. The SMILES string of the molecule is Nc1nc(N)nc(N2CCC(O)CC2)n1. The number of nitrogen functional groups attached to an aromatic ring is 2. The Morgan fingerprint density at radius 3 is 2.13 bits per heavy atom. The van der Waals surface area contributed by atoms with Crippen molar-refractivity contribution in [2.24, 2.45) is 0 Å². The maximum atomic E-state index is 9.35. The van der Waals surface area contributed by atoms with E-state index in [2.05, 4.69) is 15.0 Å². The van der Waals surface area contributed by atoms with Crippen molar-refractivity contribution in [1.82, 2.24) is 15.0 Å². The number of anilines is 3. The fourth-order valence-electron chi connectivity index (χ4n) is 1.60. The maximum absolute atomic E-state index is 9.35. The van der Waals surface area contributed by atoms with Gasteiger partial charge in [0, 0.05) is 13.1 Å². The quantitative estimate of drug-likeness (QED) is 0.544. The highest BCUT2D eigenvalue weighted by Gasteiger charge is 2.19. The standard InChI is InChI=1S/C8H14N6O/c9-6-11-7(10)13-8(12-6)14-3-1-5(15)2-4-14/h5,15H,1-4H2,(H4,9,10,11,12,13). The molecular weight excluding hydrogens is 196 g/mol. The Labute approximate surface area is 87.1 Å². The third-order valence-corrected chi connectivity index (χ3v) is 2.41.